The number of aromatic amines is 2. The summed E-state index contributed by atoms with van der Waals surface area (Å²) in [6.45, 7) is 2.12. The van der Waals surface area contributed by atoms with Crippen LogP contribution in [0.4, 0.5) is 0 Å². The van der Waals surface area contributed by atoms with Crippen LogP contribution in [-0.2, 0) is 0 Å². The number of H-pyrrole nitrogens is 2. The standard InChI is InChI=1S/C29H26N6OS/c1-17-7-8-28(37-17)23-14-31-15-26-21(23)10-25(33-26)29-22-11-24(32-16-27(22)34-35-29)18-9-20(13-30-12-18)36-19-5-3-2-4-6-19/h7-16,19,33H,2-6H2,1H3,(H,34,35). The lowest BCUT2D eigenvalue weighted by atomic mass is 9.98. The van der Waals surface area contributed by atoms with Gasteiger partial charge in [0.15, 0.2) is 0 Å². The first-order valence-electron chi connectivity index (χ1n) is 12.7. The maximum absolute atomic E-state index is 6.25. The molecule has 6 heterocycles. The molecule has 1 aliphatic rings. The molecule has 6 aromatic rings. The number of nitrogens with one attached hydrogen (secondary N) is 2. The summed E-state index contributed by atoms with van der Waals surface area (Å²) in [5.41, 5.74) is 6.55. The molecule has 0 saturated heterocycles. The van der Waals surface area contributed by atoms with E-state index in [1.807, 2.05) is 30.9 Å². The van der Waals surface area contributed by atoms with Gasteiger partial charge in [-0.2, -0.15) is 5.10 Å². The summed E-state index contributed by atoms with van der Waals surface area (Å²) in [4.78, 5) is 19.6. The Morgan fingerprint density at radius 2 is 1.78 bits per heavy atom. The van der Waals surface area contributed by atoms with Crippen molar-refractivity contribution in [2.75, 3.05) is 0 Å². The highest BCUT2D eigenvalue weighted by molar-refractivity contribution is 7.15. The van der Waals surface area contributed by atoms with Crippen LogP contribution in [0.1, 0.15) is 37.0 Å². The highest BCUT2D eigenvalue weighted by Gasteiger charge is 2.17. The Morgan fingerprint density at radius 1 is 0.892 bits per heavy atom. The zero-order chi connectivity index (χ0) is 24.8. The van der Waals surface area contributed by atoms with Crippen molar-refractivity contribution in [2.24, 2.45) is 0 Å². The molecule has 1 fully saturated rings. The van der Waals surface area contributed by atoms with Gasteiger partial charge in [0.25, 0.3) is 0 Å². The van der Waals surface area contributed by atoms with Gasteiger partial charge < -0.3 is 9.72 Å². The van der Waals surface area contributed by atoms with Crippen molar-refractivity contribution in [1.29, 1.82) is 0 Å². The number of aryl methyl sites for hydroxylation is 1. The van der Waals surface area contributed by atoms with Crippen molar-refractivity contribution in [1.82, 2.24) is 30.1 Å². The summed E-state index contributed by atoms with van der Waals surface area (Å²) in [7, 11) is 0. The van der Waals surface area contributed by atoms with Crippen molar-refractivity contribution in [3.8, 4) is 38.8 Å². The van der Waals surface area contributed by atoms with Gasteiger partial charge in [-0.25, -0.2) is 0 Å². The zero-order valence-corrected chi connectivity index (χ0v) is 21.3. The van der Waals surface area contributed by atoms with Gasteiger partial charge in [-0.15, -0.1) is 11.3 Å². The molecule has 184 valence electrons. The average Bonchev–Trinajstić information content (AvgIpc) is 3.66. The van der Waals surface area contributed by atoms with Gasteiger partial charge in [-0.05, 0) is 62.9 Å². The molecule has 0 atom stereocenters. The van der Waals surface area contributed by atoms with E-state index in [2.05, 4.69) is 61.3 Å². The lowest BCUT2D eigenvalue weighted by Gasteiger charge is -2.22. The molecule has 6 aromatic heterocycles. The van der Waals surface area contributed by atoms with Crippen molar-refractivity contribution < 1.29 is 4.74 Å². The van der Waals surface area contributed by atoms with E-state index < -0.39 is 0 Å². The molecule has 37 heavy (non-hydrogen) atoms. The minimum absolute atomic E-state index is 0.279. The third kappa shape index (κ3) is 4.17. The van der Waals surface area contributed by atoms with Gasteiger partial charge in [0.1, 0.15) is 11.4 Å². The second-order valence-electron chi connectivity index (χ2n) is 9.72. The molecule has 0 aromatic carbocycles. The van der Waals surface area contributed by atoms with Crippen molar-refractivity contribution in [2.45, 2.75) is 45.1 Å². The van der Waals surface area contributed by atoms with Gasteiger partial charge >= 0.3 is 0 Å². The summed E-state index contributed by atoms with van der Waals surface area (Å²) in [5, 5.41) is 9.91. The van der Waals surface area contributed by atoms with E-state index >= 15 is 0 Å². The maximum Gasteiger partial charge on any atom is 0.138 e. The number of aromatic nitrogens is 6. The van der Waals surface area contributed by atoms with Crippen LogP contribution in [0.25, 0.3) is 54.9 Å². The Morgan fingerprint density at radius 3 is 2.65 bits per heavy atom. The number of ether oxygens (including phenoxy) is 1. The number of pyridine rings is 3. The summed E-state index contributed by atoms with van der Waals surface area (Å²) in [6, 6.07) is 10.6. The van der Waals surface area contributed by atoms with E-state index in [-0.39, 0.29) is 6.10 Å². The van der Waals surface area contributed by atoms with E-state index in [9.17, 15) is 0 Å². The lowest BCUT2D eigenvalue weighted by molar-refractivity contribution is 0.154. The van der Waals surface area contributed by atoms with Gasteiger partial charge in [0, 0.05) is 44.0 Å². The smallest absolute Gasteiger partial charge is 0.138 e. The monoisotopic (exact) mass is 506 g/mol. The van der Waals surface area contributed by atoms with E-state index in [0.717, 1.165) is 68.6 Å². The fourth-order valence-corrected chi connectivity index (χ4v) is 6.12. The molecule has 0 bridgehead atoms. The summed E-state index contributed by atoms with van der Waals surface area (Å²) in [5.74, 6) is 0.804. The second-order valence-corrected chi connectivity index (χ2v) is 11.0. The predicted octanol–water partition coefficient (Wildman–Crippen LogP) is 7.31. The Labute approximate surface area is 218 Å². The van der Waals surface area contributed by atoms with Crippen LogP contribution < -0.4 is 4.74 Å². The topological polar surface area (TPSA) is 92.4 Å². The maximum atomic E-state index is 6.25. The number of thiophene rings is 1. The van der Waals surface area contributed by atoms with Crippen molar-refractivity contribution in [3.05, 3.63) is 66.2 Å². The first-order chi connectivity index (χ1) is 18.2. The third-order valence-electron chi connectivity index (χ3n) is 7.12. The van der Waals surface area contributed by atoms with Gasteiger partial charge in [0.2, 0.25) is 0 Å². The minimum Gasteiger partial charge on any atom is -0.489 e. The van der Waals surface area contributed by atoms with Crippen molar-refractivity contribution >= 4 is 33.1 Å². The Balaban J connectivity index is 1.26. The zero-order valence-electron chi connectivity index (χ0n) is 20.5. The van der Waals surface area contributed by atoms with Crippen molar-refractivity contribution in [3.63, 3.8) is 0 Å². The molecular weight excluding hydrogens is 480 g/mol. The van der Waals surface area contributed by atoms with E-state index in [1.54, 1.807) is 17.5 Å². The van der Waals surface area contributed by atoms with Gasteiger partial charge in [0.05, 0.1) is 47.1 Å². The lowest BCUT2D eigenvalue weighted by Crippen LogP contribution is -2.19. The molecule has 2 N–H and O–H groups in total. The normalized spacial score (nSPS) is 14.5. The number of rotatable bonds is 5. The van der Waals surface area contributed by atoms with Crippen LogP contribution in [0.2, 0.25) is 0 Å². The predicted molar refractivity (Wildman–Crippen MR) is 148 cm³/mol. The first kappa shape index (κ1) is 22.2. The molecule has 7 rings (SSSR count). The molecule has 0 spiro atoms. The Kier molecular flexibility index (Phi) is 5.47. The van der Waals surface area contributed by atoms with Crippen LogP contribution in [-0.4, -0.2) is 36.2 Å². The summed E-state index contributed by atoms with van der Waals surface area (Å²) < 4.78 is 6.25. The molecular formula is C29H26N6OS. The number of hydrogen-bond acceptors (Lipinski definition) is 6. The van der Waals surface area contributed by atoms with Crippen LogP contribution in [0.15, 0.2) is 61.3 Å². The Bertz CT molecular complexity index is 1730. The summed E-state index contributed by atoms with van der Waals surface area (Å²) in [6.07, 6.45) is 15.5. The Hall–Kier alpha value is -4.04. The van der Waals surface area contributed by atoms with E-state index in [4.69, 9.17) is 4.74 Å². The molecule has 8 heteroatoms. The SMILES string of the molecule is Cc1ccc(-c2cncc3[nH]c(-c4n[nH]c5cnc(-c6cncc(OC7CCCCC7)c6)cc45)cc23)s1. The summed E-state index contributed by atoms with van der Waals surface area (Å²) >= 11 is 1.78. The molecule has 0 amide bonds. The molecule has 1 aliphatic carbocycles. The second kappa shape index (κ2) is 9.12. The first-order valence-corrected chi connectivity index (χ1v) is 13.5. The molecule has 1 saturated carbocycles. The van der Waals surface area contributed by atoms with Gasteiger partial charge in [-0.1, -0.05) is 6.42 Å². The number of fused-ring (bicyclic) bond motifs is 2. The largest absolute Gasteiger partial charge is 0.489 e. The minimum atomic E-state index is 0.279. The fourth-order valence-electron chi connectivity index (χ4n) is 5.23. The highest BCUT2D eigenvalue weighted by atomic mass is 32.1. The molecule has 0 aliphatic heterocycles. The highest BCUT2D eigenvalue weighted by Crippen LogP contribution is 2.36. The number of nitrogens with zero attached hydrogens (tertiary/aromatic N) is 4. The van der Waals surface area contributed by atoms with Crippen LogP contribution >= 0.6 is 11.3 Å². The van der Waals surface area contributed by atoms with Crippen LogP contribution in [0, 0.1) is 6.92 Å². The quantitative estimate of drug-likeness (QED) is 0.256. The van der Waals surface area contributed by atoms with E-state index in [0.29, 0.717) is 0 Å². The van der Waals surface area contributed by atoms with Crippen LogP contribution in [0.3, 0.4) is 0 Å². The molecule has 0 radical (unpaired) electrons. The molecule has 0 unspecified atom stereocenters. The third-order valence-corrected chi connectivity index (χ3v) is 8.15. The van der Waals surface area contributed by atoms with E-state index in [1.165, 1.54) is 29.0 Å². The average molecular weight is 507 g/mol. The van der Waals surface area contributed by atoms with Gasteiger partial charge in [-0.3, -0.25) is 20.1 Å². The molecule has 7 nitrogen and oxygen atoms in total. The fraction of sp³-hybridized carbons (Fsp3) is 0.241. The van der Waals surface area contributed by atoms with Crippen LogP contribution in [0.5, 0.6) is 5.75 Å². The number of hydrogen-bond donors (Lipinski definition) is 2.